The van der Waals surface area contributed by atoms with Crippen LogP contribution in [-0.4, -0.2) is 18.2 Å². The van der Waals surface area contributed by atoms with Gasteiger partial charge >= 0.3 is 6.09 Å². The van der Waals surface area contributed by atoms with E-state index in [2.05, 4.69) is 4.85 Å². The molecule has 4 heteroatoms. The molecule has 0 aromatic heterocycles. The average Bonchev–Trinajstić information content (AvgIpc) is 1.84. The van der Waals surface area contributed by atoms with E-state index >= 15 is 0 Å². The topological polar surface area (TPSA) is 56.7 Å². The number of hydrogen-bond acceptors (Lipinski definition) is 2. The number of carbonyl (C=O) groups is 1. The van der Waals surface area contributed by atoms with Crippen molar-refractivity contribution in [1.82, 2.24) is 0 Å². The summed E-state index contributed by atoms with van der Waals surface area (Å²) in [5.74, 6) is 0. The number of rotatable bonds is 4. The van der Waals surface area contributed by atoms with Gasteiger partial charge in [0, 0.05) is 6.42 Å². The minimum Gasteiger partial charge on any atom is -0.444 e. The van der Waals surface area contributed by atoms with Crippen molar-refractivity contribution in [2.24, 2.45) is 5.73 Å². The standard InChI is InChI=1S/C8H14N2O2/c1-8(2,12-7(9)11)5-4-6-10-3/h4-6H2,1-2H3,(H2,9,11). The van der Waals surface area contributed by atoms with Gasteiger partial charge < -0.3 is 15.3 Å². The lowest BCUT2D eigenvalue weighted by Gasteiger charge is -2.22. The molecule has 0 atom stereocenters. The van der Waals surface area contributed by atoms with Crippen LogP contribution in [-0.2, 0) is 4.74 Å². The van der Waals surface area contributed by atoms with Gasteiger partial charge in [0.15, 0.2) is 0 Å². The molecule has 68 valence electrons. The molecular formula is C8H14N2O2. The largest absolute Gasteiger partial charge is 0.444 e. The Morgan fingerprint density at radius 1 is 1.67 bits per heavy atom. The van der Waals surface area contributed by atoms with Crippen LogP contribution < -0.4 is 5.73 Å². The van der Waals surface area contributed by atoms with Gasteiger partial charge in [-0.3, -0.25) is 0 Å². The Labute approximate surface area is 72.5 Å². The van der Waals surface area contributed by atoms with Gasteiger partial charge in [0.05, 0.1) is 0 Å². The van der Waals surface area contributed by atoms with Crippen LogP contribution in [0.2, 0.25) is 0 Å². The molecule has 0 aliphatic rings. The predicted molar refractivity (Wildman–Crippen MR) is 45.5 cm³/mol. The highest BCUT2D eigenvalue weighted by atomic mass is 16.6. The van der Waals surface area contributed by atoms with E-state index in [1.165, 1.54) is 0 Å². The van der Waals surface area contributed by atoms with Gasteiger partial charge in [-0.1, -0.05) is 0 Å². The number of primary amides is 1. The Bertz CT molecular complexity index is 194. The van der Waals surface area contributed by atoms with Gasteiger partial charge in [0.25, 0.3) is 0 Å². The molecule has 0 aromatic rings. The van der Waals surface area contributed by atoms with Crippen molar-refractivity contribution in [3.8, 4) is 0 Å². The van der Waals surface area contributed by atoms with Gasteiger partial charge in [-0.05, 0) is 20.3 Å². The van der Waals surface area contributed by atoms with Crippen LogP contribution in [0.1, 0.15) is 26.7 Å². The molecule has 0 spiro atoms. The van der Waals surface area contributed by atoms with Crippen LogP contribution in [0.4, 0.5) is 4.79 Å². The molecule has 0 aromatic carbocycles. The van der Waals surface area contributed by atoms with Crippen molar-refractivity contribution >= 4 is 6.09 Å². The minimum absolute atomic E-state index is 0.464. The third kappa shape index (κ3) is 5.54. The molecule has 0 unspecified atom stereocenters. The van der Waals surface area contributed by atoms with Crippen molar-refractivity contribution in [2.45, 2.75) is 32.3 Å². The molecule has 4 nitrogen and oxygen atoms in total. The number of carbonyl (C=O) groups excluding carboxylic acids is 1. The first kappa shape index (κ1) is 10.8. The predicted octanol–water partition coefficient (Wildman–Crippen LogP) is 1.56. The quantitative estimate of drug-likeness (QED) is 0.514. The maximum atomic E-state index is 10.4. The van der Waals surface area contributed by atoms with Crippen LogP contribution in [0.15, 0.2) is 0 Å². The summed E-state index contributed by atoms with van der Waals surface area (Å²) in [5, 5.41) is 0. The van der Waals surface area contributed by atoms with E-state index in [-0.39, 0.29) is 0 Å². The summed E-state index contributed by atoms with van der Waals surface area (Å²) in [5.41, 5.74) is 4.32. The van der Waals surface area contributed by atoms with E-state index in [0.29, 0.717) is 13.0 Å². The van der Waals surface area contributed by atoms with Crippen LogP contribution in [0.5, 0.6) is 0 Å². The number of nitrogens with two attached hydrogens (primary N) is 1. The molecular weight excluding hydrogens is 156 g/mol. The van der Waals surface area contributed by atoms with Gasteiger partial charge in [-0.15, -0.1) is 0 Å². The minimum atomic E-state index is -0.761. The van der Waals surface area contributed by atoms with E-state index in [1.54, 1.807) is 13.8 Å². The average molecular weight is 170 g/mol. The zero-order valence-corrected chi connectivity index (χ0v) is 7.46. The number of amides is 1. The number of ether oxygens (including phenoxy) is 1. The van der Waals surface area contributed by atoms with Crippen molar-refractivity contribution in [2.75, 3.05) is 6.54 Å². The van der Waals surface area contributed by atoms with E-state index in [9.17, 15) is 4.79 Å². The fraction of sp³-hybridized carbons (Fsp3) is 0.750. The Balaban J connectivity index is 3.72. The molecule has 1 amide bonds. The Morgan fingerprint density at radius 2 is 2.25 bits per heavy atom. The Hall–Kier alpha value is -1.24. The monoisotopic (exact) mass is 170 g/mol. The molecule has 0 radical (unpaired) electrons. The van der Waals surface area contributed by atoms with Gasteiger partial charge in [-0.2, -0.15) is 0 Å². The molecule has 0 heterocycles. The van der Waals surface area contributed by atoms with Gasteiger partial charge in [0.2, 0.25) is 6.54 Å². The summed E-state index contributed by atoms with van der Waals surface area (Å²) >= 11 is 0. The smallest absolute Gasteiger partial charge is 0.405 e. The second-order valence-electron chi connectivity index (χ2n) is 3.17. The Morgan fingerprint density at radius 3 is 2.67 bits per heavy atom. The van der Waals surface area contributed by atoms with E-state index < -0.39 is 11.7 Å². The highest BCUT2D eigenvalue weighted by Gasteiger charge is 2.21. The van der Waals surface area contributed by atoms with Crippen LogP contribution >= 0.6 is 0 Å². The lowest BCUT2D eigenvalue weighted by molar-refractivity contribution is 0.0385. The van der Waals surface area contributed by atoms with Crippen LogP contribution in [0.3, 0.4) is 0 Å². The summed E-state index contributed by atoms with van der Waals surface area (Å²) in [6.07, 6.45) is 0.630. The van der Waals surface area contributed by atoms with Crippen molar-refractivity contribution in [3.05, 3.63) is 11.4 Å². The van der Waals surface area contributed by atoms with Crippen molar-refractivity contribution in [1.29, 1.82) is 0 Å². The van der Waals surface area contributed by atoms with Crippen LogP contribution in [0.25, 0.3) is 4.85 Å². The molecule has 0 bridgehead atoms. The molecule has 0 saturated carbocycles. The summed E-state index contributed by atoms with van der Waals surface area (Å²) in [4.78, 5) is 13.6. The maximum absolute atomic E-state index is 10.4. The van der Waals surface area contributed by atoms with Gasteiger partial charge in [0.1, 0.15) is 5.60 Å². The fourth-order valence-corrected chi connectivity index (χ4v) is 0.907. The highest BCUT2D eigenvalue weighted by molar-refractivity contribution is 5.65. The molecule has 0 saturated heterocycles. The summed E-state index contributed by atoms with van der Waals surface area (Å²) in [6.45, 7) is 10.6. The SMILES string of the molecule is [C-]#[N+]CCCC(C)(C)OC(N)=O. The molecule has 12 heavy (non-hydrogen) atoms. The maximum Gasteiger partial charge on any atom is 0.405 e. The first-order chi connectivity index (χ1) is 5.48. The lowest BCUT2D eigenvalue weighted by Crippen LogP contribution is -2.31. The van der Waals surface area contributed by atoms with E-state index in [4.69, 9.17) is 17.0 Å². The Kier molecular flexibility index (Phi) is 4.12. The molecule has 0 rings (SSSR count). The molecule has 0 aliphatic carbocycles. The van der Waals surface area contributed by atoms with E-state index in [1.807, 2.05) is 0 Å². The summed E-state index contributed by atoms with van der Waals surface area (Å²) in [6, 6.07) is 0. The van der Waals surface area contributed by atoms with Crippen LogP contribution in [0, 0.1) is 6.57 Å². The number of nitrogens with zero attached hydrogens (tertiary/aromatic N) is 1. The summed E-state index contributed by atoms with van der Waals surface area (Å²) in [7, 11) is 0. The van der Waals surface area contributed by atoms with Gasteiger partial charge in [-0.25, -0.2) is 11.4 Å². The normalized spacial score (nSPS) is 10.4. The first-order valence-electron chi connectivity index (χ1n) is 3.79. The summed E-state index contributed by atoms with van der Waals surface area (Å²) < 4.78 is 4.82. The second kappa shape index (κ2) is 4.60. The fourth-order valence-electron chi connectivity index (χ4n) is 0.907. The third-order valence-corrected chi connectivity index (χ3v) is 1.43. The third-order valence-electron chi connectivity index (χ3n) is 1.43. The van der Waals surface area contributed by atoms with Crippen molar-refractivity contribution < 1.29 is 9.53 Å². The zero-order chi connectivity index (χ0) is 9.61. The molecule has 0 aliphatic heterocycles. The number of hydrogen-bond donors (Lipinski definition) is 1. The highest BCUT2D eigenvalue weighted by Crippen LogP contribution is 2.16. The first-order valence-corrected chi connectivity index (χ1v) is 3.79. The second-order valence-corrected chi connectivity index (χ2v) is 3.17. The molecule has 2 N–H and O–H groups in total. The lowest BCUT2D eigenvalue weighted by atomic mass is 10.0. The van der Waals surface area contributed by atoms with Crippen molar-refractivity contribution in [3.63, 3.8) is 0 Å². The molecule has 0 fully saturated rings. The van der Waals surface area contributed by atoms with E-state index in [0.717, 1.165) is 6.42 Å². The zero-order valence-electron chi connectivity index (χ0n) is 7.46.